The zero-order chi connectivity index (χ0) is 13.0. The third-order valence-electron chi connectivity index (χ3n) is 2.89. The lowest BCUT2D eigenvalue weighted by Crippen LogP contribution is -1.99. The largest absolute Gasteiger partial charge is 0.399 e. The van der Waals surface area contributed by atoms with Crippen molar-refractivity contribution in [2.75, 3.05) is 5.73 Å². The van der Waals surface area contributed by atoms with Crippen molar-refractivity contribution in [3.63, 3.8) is 0 Å². The minimum Gasteiger partial charge on any atom is -0.399 e. The molecule has 0 saturated carbocycles. The summed E-state index contributed by atoms with van der Waals surface area (Å²) in [5.41, 5.74) is 9.09. The molecule has 2 rings (SSSR count). The molecule has 2 aromatic rings. The Labute approximate surface area is 112 Å². The van der Waals surface area contributed by atoms with Gasteiger partial charge in [-0.3, -0.25) is 0 Å². The van der Waals surface area contributed by atoms with Crippen molar-refractivity contribution >= 4 is 17.4 Å². The number of nitrogen functional groups attached to an aromatic ring is 1. The van der Waals surface area contributed by atoms with Crippen LogP contribution in [0.3, 0.4) is 0 Å². The Morgan fingerprint density at radius 1 is 1.39 bits per heavy atom. The Hall–Kier alpha value is -1.42. The number of imidazole rings is 1. The van der Waals surface area contributed by atoms with Crippen LogP contribution in [0.4, 0.5) is 5.69 Å². The average molecular weight is 261 g/mol. The smallest absolute Gasteiger partial charge is 0.0948 e. The normalized spacial score (nSPS) is 10.8. The van der Waals surface area contributed by atoms with E-state index >= 15 is 0 Å². The van der Waals surface area contributed by atoms with Crippen LogP contribution in [0, 0.1) is 6.92 Å². The minimum atomic E-state index is 0.857. The van der Waals surface area contributed by atoms with Crippen LogP contribution in [0.2, 0.25) is 0 Å². The molecule has 0 bridgehead atoms. The van der Waals surface area contributed by atoms with Crippen molar-refractivity contribution in [2.24, 2.45) is 0 Å². The van der Waals surface area contributed by atoms with Crippen LogP contribution in [-0.2, 0) is 12.3 Å². The number of hydrogen-bond donors (Lipinski definition) is 1. The van der Waals surface area contributed by atoms with E-state index in [2.05, 4.69) is 28.6 Å². The lowest BCUT2D eigenvalue weighted by atomic mass is 10.2. The van der Waals surface area contributed by atoms with E-state index in [9.17, 15) is 0 Å². The third-order valence-corrected chi connectivity index (χ3v) is 3.92. The second-order valence-corrected chi connectivity index (χ2v) is 5.43. The first-order valence-electron chi connectivity index (χ1n) is 6.18. The van der Waals surface area contributed by atoms with Gasteiger partial charge in [-0.05, 0) is 37.1 Å². The standard InChI is InChI=1S/C14H19N3S/c1-3-6-17-10-16-8-12(17)9-18-13-4-5-14(15)11(2)7-13/h4-5,7-8,10H,3,6,9,15H2,1-2H3. The SMILES string of the molecule is CCCn1cncc1CSc1ccc(N)c(C)c1. The lowest BCUT2D eigenvalue weighted by Gasteiger charge is -2.07. The average Bonchev–Trinajstić information content (AvgIpc) is 2.79. The Balaban J connectivity index is 2.02. The highest BCUT2D eigenvalue weighted by molar-refractivity contribution is 7.98. The van der Waals surface area contributed by atoms with Crippen LogP contribution in [0.1, 0.15) is 24.6 Å². The molecule has 0 unspecified atom stereocenters. The fourth-order valence-electron chi connectivity index (χ4n) is 1.81. The van der Waals surface area contributed by atoms with Gasteiger partial charge >= 0.3 is 0 Å². The molecular formula is C14H19N3S. The van der Waals surface area contributed by atoms with E-state index in [1.165, 1.54) is 10.6 Å². The van der Waals surface area contributed by atoms with Gasteiger partial charge in [0.1, 0.15) is 0 Å². The number of aryl methyl sites for hydroxylation is 2. The number of thioether (sulfide) groups is 1. The minimum absolute atomic E-state index is 0.857. The molecule has 1 aromatic carbocycles. The fraction of sp³-hybridized carbons (Fsp3) is 0.357. The number of anilines is 1. The molecule has 0 fully saturated rings. The zero-order valence-corrected chi connectivity index (χ0v) is 11.7. The van der Waals surface area contributed by atoms with Gasteiger partial charge in [0.15, 0.2) is 0 Å². The summed E-state index contributed by atoms with van der Waals surface area (Å²) in [7, 11) is 0. The van der Waals surface area contributed by atoms with Crippen LogP contribution < -0.4 is 5.73 Å². The Morgan fingerprint density at radius 3 is 2.94 bits per heavy atom. The van der Waals surface area contributed by atoms with Gasteiger partial charge in [-0.15, -0.1) is 11.8 Å². The van der Waals surface area contributed by atoms with Gasteiger partial charge in [0.25, 0.3) is 0 Å². The number of benzene rings is 1. The molecule has 2 N–H and O–H groups in total. The van der Waals surface area contributed by atoms with Crippen molar-refractivity contribution in [3.05, 3.63) is 42.0 Å². The summed E-state index contributed by atoms with van der Waals surface area (Å²) in [5, 5.41) is 0. The maximum atomic E-state index is 5.82. The first kappa shape index (κ1) is 13.0. The van der Waals surface area contributed by atoms with E-state index in [1.807, 2.05) is 37.3 Å². The Bertz CT molecular complexity index is 520. The molecule has 3 nitrogen and oxygen atoms in total. The van der Waals surface area contributed by atoms with Crippen LogP contribution in [-0.4, -0.2) is 9.55 Å². The fourth-order valence-corrected chi connectivity index (χ4v) is 2.79. The highest BCUT2D eigenvalue weighted by Crippen LogP contribution is 2.25. The summed E-state index contributed by atoms with van der Waals surface area (Å²) >= 11 is 1.82. The molecule has 0 aliphatic carbocycles. The lowest BCUT2D eigenvalue weighted by molar-refractivity contribution is 0.659. The van der Waals surface area contributed by atoms with E-state index in [1.54, 1.807) is 0 Å². The highest BCUT2D eigenvalue weighted by Gasteiger charge is 2.03. The van der Waals surface area contributed by atoms with E-state index in [4.69, 9.17) is 5.73 Å². The molecular weight excluding hydrogens is 242 g/mol. The van der Waals surface area contributed by atoms with E-state index < -0.39 is 0 Å². The summed E-state index contributed by atoms with van der Waals surface area (Å²) < 4.78 is 2.22. The van der Waals surface area contributed by atoms with Gasteiger partial charge in [-0.25, -0.2) is 4.98 Å². The van der Waals surface area contributed by atoms with E-state index in [0.29, 0.717) is 0 Å². The Morgan fingerprint density at radius 2 is 2.22 bits per heavy atom. The number of hydrogen-bond acceptors (Lipinski definition) is 3. The molecule has 0 saturated heterocycles. The van der Waals surface area contributed by atoms with Gasteiger partial charge in [0, 0.05) is 34.8 Å². The van der Waals surface area contributed by atoms with Gasteiger partial charge in [0.2, 0.25) is 0 Å². The molecule has 1 aromatic heterocycles. The first-order valence-corrected chi connectivity index (χ1v) is 7.17. The van der Waals surface area contributed by atoms with Crippen molar-refractivity contribution in [1.29, 1.82) is 0 Å². The second kappa shape index (κ2) is 5.96. The van der Waals surface area contributed by atoms with E-state index in [0.717, 1.165) is 30.0 Å². The number of aromatic nitrogens is 2. The predicted octanol–water partition coefficient (Wildman–Crippen LogP) is 3.48. The molecule has 0 aliphatic heterocycles. The van der Waals surface area contributed by atoms with Crippen LogP contribution in [0.5, 0.6) is 0 Å². The van der Waals surface area contributed by atoms with Crippen LogP contribution >= 0.6 is 11.8 Å². The maximum Gasteiger partial charge on any atom is 0.0948 e. The number of rotatable bonds is 5. The molecule has 0 radical (unpaired) electrons. The van der Waals surface area contributed by atoms with Crippen LogP contribution in [0.15, 0.2) is 35.6 Å². The monoisotopic (exact) mass is 261 g/mol. The molecule has 1 heterocycles. The molecule has 0 spiro atoms. The topological polar surface area (TPSA) is 43.8 Å². The van der Waals surface area contributed by atoms with Crippen molar-refractivity contribution in [2.45, 2.75) is 37.5 Å². The number of nitrogens with two attached hydrogens (primary N) is 1. The predicted molar refractivity (Wildman–Crippen MR) is 77.7 cm³/mol. The zero-order valence-electron chi connectivity index (χ0n) is 10.9. The van der Waals surface area contributed by atoms with Crippen molar-refractivity contribution in [3.8, 4) is 0 Å². The molecule has 4 heteroatoms. The summed E-state index contributed by atoms with van der Waals surface area (Å²) in [6, 6.07) is 6.19. The molecule has 96 valence electrons. The van der Waals surface area contributed by atoms with Gasteiger partial charge in [0.05, 0.1) is 6.33 Å². The molecule has 0 aliphatic rings. The third kappa shape index (κ3) is 3.07. The van der Waals surface area contributed by atoms with Crippen molar-refractivity contribution < 1.29 is 0 Å². The maximum absolute atomic E-state index is 5.82. The Kier molecular flexibility index (Phi) is 4.31. The van der Waals surface area contributed by atoms with Crippen LogP contribution in [0.25, 0.3) is 0 Å². The first-order chi connectivity index (χ1) is 8.70. The molecule has 0 amide bonds. The summed E-state index contributed by atoms with van der Waals surface area (Å²) in [6.07, 6.45) is 5.00. The van der Waals surface area contributed by atoms with E-state index in [-0.39, 0.29) is 0 Å². The van der Waals surface area contributed by atoms with Crippen molar-refractivity contribution in [1.82, 2.24) is 9.55 Å². The summed E-state index contributed by atoms with van der Waals surface area (Å²) in [5.74, 6) is 0.948. The molecule has 18 heavy (non-hydrogen) atoms. The van der Waals surface area contributed by atoms with Gasteiger partial charge in [-0.1, -0.05) is 6.92 Å². The van der Waals surface area contributed by atoms with Gasteiger partial charge < -0.3 is 10.3 Å². The summed E-state index contributed by atoms with van der Waals surface area (Å²) in [4.78, 5) is 5.47. The van der Waals surface area contributed by atoms with Gasteiger partial charge in [-0.2, -0.15) is 0 Å². The number of nitrogens with zero attached hydrogens (tertiary/aromatic N) is 2. The summed E-state index contributed by atoms with van der Waals surface area (Å²) in [6.45, 7) is 5.26. The quantitative estimate of drug-likeness (QED) is 0.662. The highest BCUT2D eigenvalue weighted by atomic mass is 32.2. The molecule has 0 atom stereocenters. The second-order valence-electron chi connectivity index (χ2n) is 4.39.